The summed E-state index contributed by atoms with van der Waals surface area (Å²) in [5, 5.41) is 0. The van der Waals surface area contributed by atoms with Crippen LogP contribution in [0.25, 0.3) is 0 Å². The van der Waals surface area contributed by atoms with E-state index in [1.165, 1.54) is 32.2 Å². The zero-order valence-corrected chi connectivity index (χ0v) is 8.14. The van der Waals surface area contributed by atoms with Gasteiger partial charge in [0, 0.05) is 6.54 Å². The van der Waals surface area contributed by atoms with E-state index in [2.05, 4.69) is 25.9 Å². The van der Waals surface area contributed by atoms with Crippen LogP contribution in [0.4, 0.5) is 0 Å². The zero-order valence-electron chi connectivity index (χ0n) is 8.14. The van der Waals surface area contributed by atoms with Crippen LogP contribution in [0.15, 0.2) is 0 Å². The first kappa shape index (κ1) is 9.05. The Kier molecular flexibility index (Phi) is 3.38. The van der Waals surface area contributed by atoms with Gasteiger partial charge >= 0.3 is 0 Å². The fourth-order valence-corrected chi connectivity index (χ4v) is 2.03. The van der Waals surface area contributed by atoms with Gasteiger partial charge in [0.05, 0.1) is 0 Å². The first-order valence-electron chi connectivity index (χ1n) is 4.83. The molecule has 0 atom stereocenters. The minimum absolute atomic E-state index is 0.987. The number of hydrogen-bond donors (Lipinski definition) is 0. The van der Waals surface area contributed by atoms with Gasteiger partial charge < -0.3 is 4.90 Å². The van der Waals surface area contributed by atoms with Crippen molar-refractivity contribution in [2.24, 2.45) is 11.8 Å². The Morgan fingerprint density at radius 2 is 1.64 bits per heavy atom. The molecule has 0 heterocycles. The fraction of sp³-hybridized carbons (Fsp3) is 1.00. The van der Waals surface area contributed by atoms with Crippen molar-refractivity contribution in [3.63, 3.8) is 0 Å². The Balaban J connectivity index is 2.17. The topological polar surface area (TPSA) is 3.24 Å². The maximum absolute atomic E-state index is 2.38. The van der Waals surface area contributed by atoms with Crippen LogP contribution in [0.2, 0.25) is 0 Å². The second-order valence-corrected chi connectivity index (χ2v) is 4.39. The molecule has 1 rings (SSSR count). The summed E-state index contributed by atoms with van der Waals surface area (Å²) in [6.07, 6.45) is 5.83. The summed E-state index contributed by atoms with van der Waals surface area (Å²) in [6, 6.07) is 0. The molecule has 0 bridgehead atoms. The van der Waals surface area contributed by atoms with Crippen molar-refractivity contribution in [3.05, 3.63) is 0 Å². The standard InChI is InChI=1S/C10H21N/c1-9-4-6-10(7-5-9)8-11(2)3/h9-10H,4-8H2,1-3H3/t9-,10+. The molecular formula is C10H21N. The van der Waals surface area contributed by atoms with Gasteiger partial charge in [0.25, 0.3) is 0 Å². The molecule has 0 amide bonds. The molecule has 0 N–H and O–H groups in total. The van der Waals surface area contributed by atoms with Crippen molar-refractivity contribution < 1.29 is 0 Å². The number of rotatable bonds is 2. The third kappa shape index (κ3) is 3.24. The lowest BCUT2D eigenvalue weighted by molar-refractivity contribution is 0.231. The van der Waals surface area contributed by atoms with E-state index in [0.717, 1.165) is 11.8 Å². The Labute approximate surface area is 70.8 Å². The van der Waals surface area contributed by atoms with E-state index in [1.807, 2.05) is 0 Å². The van der Waals surface area contributed by atoms with Crippen LogP contribution in [0.3, 0.4) is 0 Å². The third-order valence-electron chi connectivity index (χ3n) is 2.76. The van der Waals surface area contributed by atoms with Crippen LogP contribution < -0.4 is 0 Å². The molecule has 1 nitrogen and oxygen atoms in total. The van der Waals surface area contributed by atoms with Gasteiger partial charge in [-0.25, -0.2) is 0 Å². The van der Waals surface area contributed by atoms with E-state index in [9.17, 15) is 0 Å². The van der Waals surface area contributed by atoms with E-state index in [1.54, 1.807) is 0 Å². The maximum Gasteiger partial charge on any atom is 0.000356 e. The Hall–Kier alpha value is -0.0400. The summed E-state index contributed by atoms with van der Waals surface area (Å²) < 4.78 is 0. The molecule has 11 heavy (non-hydrogen) atoms. The quantitative estimate of drug-likeness (QED) is 0.592. The smallest absolute Gasteiger partial charge is 0.000356 e. The molecule has 0 unspecified atom stereocenters. The molecule has 1 aliphatic carbocycles. The van der Waals surface area contributed by atoms with Gasteiger partial charge in [0.1, 0.15) is 0 Å². The Morgan fingerprint density at radius 3 is 2.09 bits per heavy atom. The molecule has 1 saturated carbocycles. The molecule has 0 aromatic rings. The van der Waals surface area contributed by atoms with Crippen LogP contribution in [0.5, 0.6) is 0 Å². The van der Waals surface area contributed by atoms with Gasteiger partial charge in [-0.1, -0.05) is 19.8 Å². The second-order valence-electron chi connectivity index (χ2n) is 4.39. The SMILES string of the molecule is CN(C)C[C@H]1CC[C@@H](C)CC1. The predicted molar refractivity (Wildman–Crippen MR) is 49.7 cm³/mol. The van der Waals surface area contributed by atoms with Crippen molar-refractivity contribution in [2.75, 3.05) is 20.6 Å². The highest BCUT2D eigenvalue weighted by atomic mass is 15.1. The van der Waals surface area contributed by atoms with Gasteiger partial charge in [-0.3, -0.25) is 0 Å². The summed E-state index contributed by atoms with van der Waals surface area (Å²) in [4.78, 5) is 2.32. The zero-order chi connectivity index (χ0) is 8.27. The minimum atomic E-state index is 0.987. The lowest BCUT2D eigenvalue weighted by Gasteiger charge is -2.28. The lowest BCUT2D eigenvalue weighted by Crippen LogP contribution is -2.25. The van der Waals surface area contributed by atoms with Crippen molar-refractivity contribution in [1.82, 2.24) is 4.90 Å². The average molecular weight is 155 g/mol. The molecular weight excluding hydrogens is 134 g/mol. The van der Waals surface area contributed by atoms with Gasteiger partial charge in [0.2, 0.25) is 0 Å². The predicted octanol–water partition coefficient (Wildman–Crippen LogP) is 2.37. The molecule has 0 aromatic heterocycles. The second kappa shape index (κ2) is 4.10. The van der Waals surface area contributed by atoms with Crippen LogP contribution in [-0.2, 0) is 0 Å². The first-order chi connectivity index (χ1) is 5.18. The first-order valence-corrected chi connectivity index (χ1v) is 4.83. The highest BCUT2D eigenvalue weighted by molar-refractivity contribution is 4.71. The monoisotopic (exact) mass is 155 g/mol. The van der Waals surface area contributed by atoms with E-state index < -0.39 is 0 Å². The Bertz CT molecular complexity index is 101. The van der Waals surface area contributed by atoms with E-state index in [4.69, 9.17) is 0 Å². The van der Waals surface area contributed by atoms with E-state index in [0.29, 0.717) is 0 Å². The van der Waals surface area contributed by atoms with Gasteiger partial charge in [-0.05, 0) is 38.8 Å². The molecule has 1 aliphatic rings. The molecule has 0 radical (unpaired) electrons. The van der Waals surface area contributed by atoms with E-state index >= 15 is 0 Å². The van der Waals surface area contributed by atoms with E-state index in [-0.39, 0.29) is 0 Å². The van der Waals surface area contributed by atoms with Gasteiger partial charge in [-0.15, -0.1) is 0 Å². The van der Waals surface area contributed by atoms with Crippen LogP contribution >= 0.6 is 0 Å². The van der Waals surface area contributed by atoms with Crippen molar-refractivity contribution in [3.8, 4) is 0 Å². The fourth-order valence-electron chi connectivity index (χ4n) is 2.03. The normalized spacial score (nSPS) is 32.7. The molecule has 1 heteroatoms. The maximum atomic E-state index is 2.38. The summed E-state index contributed by atoms with van der Waals surface area (Å²) in [6.45, 7) is 3.68. The molecule has 0 saturated heterocycles. The van der Waals surface area contributed by atoms with Crippen molar-refractivity contribution in [2.45, 2.75) is 32.6 Å². The molecule has 0 aromatic carbocycles. The van der Waals surface area contributed by atoms with Gasteiger partial charge in [0.15, 0.2) is 0 Å². The Morgan fingerprint density at radius 1 is 1.09 bits per heavy atom. The molecule has 0 aliphatic heterocycles. The summed E-state index contributed by atoms with van der Waals surface area (Å²) in [7, 11) is 4.36. The van der Waals surface area contributed by atoms with Crippen molar-refractivity contribution in [1.29, 1.82) is 0 Å². The van der Waals surface area contributed by atoms with Crippen molar-refractivity contribution >= 4 is 0 Å². The largest absolute Gasteiger partial charge is 0.309 e. The molecule has 1 fully saturated rings. The van der Waals surface area contributed by atoms with Crippen LogP contribution in [0, 0.1) is 11.8 Å². The van der Waals surface area contributed by atoms with Crippen LogP contribution in [-0.4, -0.2) is 25.5 Å². The molecule has 0 spiro atoms. The highest BCUT2D eigenvalue weighted by Crippen LogP contribution is 2.28. The number of nitrogens with zero attached hydrogens (tertiary/aromatic N) is 1. The minimum Gasteiger partial charge on any atom is -0.309 e. The van der Waals surface area contributed by atoms with Crippen LogP contribution in [0.1, 0.15) is 32.6 Å². The summed E-state index contributed by atoms with van der Waals surface area (Å²) in [5.41, 5.74) is 0. The van der Waals surface area contributed by atoms with Gasteiger partial charge in [-0.2, -0.15) is 0 Å². The molecule has 66 valence electrons. The summed E-state index contributed by atoms with van der Waals surface area (Å²) in [5.74, 6) is 1.98. The third-order valence-corrected chi connectivity index (χ3v) is 2.76. The summed E-state index contributed by atoms with van der Waals surface area (Å²) >= 11 is 0. The highest BCUT2D eigenvalue weighted by Gasteiger charge is 2.17. The average Bonchev–Trinajstić information content (AvgIpc) is 1.93. The number of hydrogen-bond acceptors (Lipinski definition) is 1. The lowest BCUT2D eigenvalue weighted by atomic mass is 9.83.